The molecule has 1 saturated heterocycles. The number of nitrogens with zero attached hydrogens (tertiary/aromatic N) is 1. The number of hydrogen-bond donors (Lipinski definition) is 1. The molecular weight excluding hydrogens is 250 g/mol. The van der Waals surface area contributed by atoms with Gasteiger partial charge < -0.3 is 9.84 Å². The van der Waals surface area contributed by atoms with Crippen LogP contribution >= 0.6 is 0 Å². The second-order valence-electron chi connectivity index (χ2n) is 6.01. The molecule has 1 aliphatic rings. The van der Waals surface area contributed by atoms with E-state index in [0.717, 1.165) is 16.5 Å². The lowest BCUT2D eigenvalue weighted by Crippen LogP contribution is -2.40. The minimum Gasteiger partial charge on any atom is -0.385 e. The number of aromatic nitrogens is 1. The maximum atomic E-state index is 11.2. The van der Waals surface area contributed by atoms with E-state index in [9.17, 15) is 5.11 Å². The van der Waals surface area contributed by atoms with E-state index in [1.807, 2.05) is 30.3 Å². The van der Waals surface area contributed by atoms with Crippen molar-refractivity contribution in [1.82, 2.24) is 4.98 Å². The molecule has 3 heteroatoms. The highest BCUT2D eigenvalue weighted by Gasteiger charge is 2.38. The van der Waals surface area contributed by atoms with Crippen LogP contribution in [0.15, 0.2) is 36.5 Å². The van der Waals surface area contributed by atoms with Gasteiger partial charge in [0.05, 0.1) is 23.8 Å². The van der Waals surface area contributed by atoms with Gasteiger partial charge in [-0.1, -0.05) is 32.0 Å². The molecule has 2 heterocycles. The molecule has 1 aromatic heterocycles. The van der Waals surface area contributed by atoms with Crippen LogP contribution in [0.1, 0.15) is 32.3 Å². The topological polar surface area (TPSA) is 42.4 Å². The van der Waals surface area contributed by atoms with Gasteiger partial charge in [-0.05, 0) is 23.6 Å². The summed E-state index contributed by atoms with van der Waals surface area (Å²) in [5.74, 6) is 0.412. The lowest BCUT2D eigenvalue weighted by atomic mass is 9.79. The van der Waals surface area contributed by atoms with Gasteiger partial charge in [-0.3, -0.25) is 4.98 Å². The van der Waals surface area contributed by atoms with Gasteiger partial charge in [-0.15, -0.1) is 0 Å². The maximum Gasteiger partial charge on any atom is 0.0949 e. The Kier molecular flexibility index (Phi) is 3.48. The number of rotatable bonds is 2. The van der Waals surface area contributed by atoms with Crippen molar-refractivity contribution in [2.45, 2.75) is 38.4 Å². The first-order chi connectivity index (χ1) is 9.60. The Labute approximate surface area is 119 Å². The smallest absolute Gasteiger partial charge is 0.0949 e. The SMILES string of the molecule is CC(C)C1CC(O)(c2cccc3ncccc23)CCO1. The summed E-state index contributed by atoms with van der Waals surface area (Å²) < 4.78 is 5.79. The van der Waals surface area contributed by atoms with Crippen molar-refractivity contribution in [3.63, 3.8) is 0 Å². The van der Waals surface area contributed by atoms with Gasteiger partial charge in [0.25, 0.3) is 0 Å². The Hall–Kier alpha value is -1.45. The molecule has 0 spiro atoms. The van der Waals surface area contributed by atoms with Crippen LogP contribution in [0.5, 0.6) is 0 Å². The van der Waals surface area contributed by atoms with Crippen molar-refractivity contribution < 1.29 is 9.84 Å². The number of fused-ring (bicyclic) bond motifs is 1. The Bertz CT molecular complexity index is 605. The van der Waals surface area contributed by atoms with Crippen molar-refractivity contribution in [3.8, 4) is 0 Å². The molecule has 2 unspecified atom stereocenters. The Balaban J connectivity index is 2.05. The van der Waals surface area contributed by atoms with Crippen LogP contribution in [0.2, 0.25) is 0 Å². The van der Waals surface area contributed by atoms with E-state index in [1.54, 1.807) is 6.20 Å². The summed E-state index contributed by atoms with van der Waals surface area (Å²) in [7, 11) is 0. The number of aliphatic hydroxyl groups is 1. The average molecular weight is 271 g/mol. The highest BCUT2D eigenvalue weighted by Crippen LogP contribution is 2.39. The third-order valence-electron chi connectivity index (χ3n) is 4.28. The molecule has 0 saturated carbocycles. The molecule has 1 fully saturated rings. The number of benzene rings is 1. The fraction of sp³-hybridized carbons (Fsp3) is 0.471. The van der Waals surface area contributed by atoms with Crippen LogP contribution < -0.4 is 0 Å². The molecule has 20 heavy (non-hydrogen) atoms. The molecule has 0 aliphatic carbocycles. The molecule has 1 N–H and O–H groups in total. The third kappa shape index (κ3) is 2.32. The van der Waals surface area contributed by atoms with Gasteiger partial charge in [0.2, 0.25) is 0 Å². The maximum absolute atomic E-state index is 11.2. The van der Waals surface area contributed by atoms with Gasteiger partial charge >= 0.3 is 0 Å². The molecule has 106 valence electrons. The van der Waals surface area contributed by atoms with Gasteiger partial charge in [0.15, 0.2) is 0 Å². The van der Waals surface area contributed by atoms with Crippen molar-refractivity contribution in [3.05, 3.63) is 42.1 Å². The normalized spacial score (nSPS) is 27.1. The Morgan fingerprint density at radius 3 is 2.95 bits per heavy atom. The van der Waals surface area contributed by atoms with Crippen molar-refractivity contribution in [2.75, 3.05) is 6.61 Å². The molecule has 1 aromatic carbocycles. The third-order valence-corrected chi connectivity index (χ3v) is 4.28. The zero-order valence-corrected chi connectivity index (χ0v) is 12.0. The summed E-state index contributed by atoms with van der Waals surface area (Å²) >= 11 is 0. The van der Waals surface area contributed by atoms with E-state index in [0.29, 0.717) is 25.4 Å². The minimum absolute atomic E-state index is 0.112. The second-order valence-corrected chi connectivity index (χ2v) is 6.01. The van der Waals surface area contributed by atoms with Crippen LogP contribution in [0.25, 0.3) is 10.9 Å². The largest absolute Gasteiger partial charge is 0.385 e. The number of pyridine rings is 1. The van der Waals surface area contributed by atoms with Crippen molar-refractivity contribution in [2.24, 2.45) is 5.92 Å². The first kappa shape index (κ1) is 13.5. The second kappa shape index (κ2) is 5.15. The zero-order valence-electron chi connectivity index (χ0n) is 12.0. The summed E-state index contributed by atoms with van der Waals surface area (Å²) in [5, 5.41) is 12.2. The first-order valence-electron chi connectivity index (χ1n) is 7.28. The van der Waals surface area contributed by atoms with Crippen molar-refractivity contribution in [1.29, 1.82) is 0 Å². The lowest BCUT2D eigenvalue weighted by molar-refractivity contribution is -0.120. The fourth-order valence-corrected chi connectivity index (χ4v) is 3.05. The van der Waals surface area contributed by atoms with E-state index in [4.69, 9.17) is 4.74 Å². The minimum atomic E-state index is -0.810. The van der Waals surface area contributed by atoms with E-state index in [-0.39, 0.29) is 6.10 Å². The van der Waals surface area contributed by atoms with Crippen LogP contribution in [-0.4, -0.2) is 22.8 Å². The molecule has 2 atom stereocenters. The summed E-state index contributed by atoms with van der Waals surface area (Å²) in [6.07, 6.45) is 3.20. The van der Waals surface area contributed by atoms with Gasteiger partial charge in [0.1, 0.15) is 0 Å². The molecule has 0 bridgehead atoms. The van der Waals surface area contributed by atoms with Crippen LogP contribution in [-0.2, 0) is 10.3 Å². The highest BCUT2D eigenvalue weighted by atomic mass is 16.5. The van der Waals surface area contributed by atoms with E-state index in [2.05, 4.69) is 18.8 Å². The summed E-state index contributed by atoms with van der Waals surface area (Å²) in [6.45, 7) is 4.89. The van der Waals surface area contributed by atoms with Crippen molar-refractivity contribution >= 4 is 10.9 Å². The summed E-state index contributed by atoms with van der Waals surface area (Å²) in [6, 6.07) is 9.95. The van der Waals surface area contributed by atoms with Gasteiger partial charge in [-0.25, -0.2) is 0 Å². The predicted octanol–water partition coefficient (Wildman–Crippen LogP) is 3.26. The van der Waals surface area contributed by atoms with Crippen LogP contribution in [0.4, 0.5) is 0 Å². The zero-order chi connectivity index (χ0) is 14.2. The molecule has 3 rings (SSSR count). The van der Waals surface area contributed by atoms with E-state index >= 15 is 0 Å². The highest BCUT2D eigenvalue weighted by molar-refractivity contribution is 5.82. The first-order valence-corrected chi connectivity index (χ1v) is 7.28. The standard InChI is InChI=1S/C17H21NO2/c1-12(2)16-11-17(19,8-10-20-16)14-6-3-7-15-13(14)5-4-9-18-15/h3-7,9,12,16,19H,8,10-11H2,1-2H3. The van der Waals surface area contributed by atoms with E-state index in [1.165, 1.54) is 0 Å². The van der Waals surface area contributed by atoms with Crippen LogP contribution in [0.3, 0.4) is 0 Å². The molecule has 3 nitrogen and oxygen atoms in total. The number of hydrogen-bond acceptors (Lipinski definition) is 3. The summed E-state index contributed by atoms with van der Waals surface area (Å²) in [4.78, 5) is 4.38. The number of ether oxygens (including phenoxy) is 1. The quantitative estimate of drug-likeness (QED) is 0.911. The Morgan fingerprint density at radius 1 is 1.30 bits per heavy atom. The average Bonchev–Trinajstić information content (AvgIpc) is 2.46. The van der Waals surface area contributed by atoms with Crippen LogP contribution in [0, 0.1) is 5.92 Å². The molecule has 2 aromatic rings. The van der Waals surface area contributed by atoms with E-state index < -0.39 is 5.60 Å². The molecule has 0 amide bonds. The summed E-state index contributed by atoms with van der Waals surface area (Å²) in [5.41, 5.74) is 1.11. The Morgan fingerprint density at radius 2 is 2.15 bits per heavy atom. The molecule has 0 radical (unpaired) electrons. The fourth-order valence-electron chi connectivity index (χ4n) is 3.05. The van der Waals surface area contributed by atoms with Gasteiger partial charge in [-0.2, -0.15) is 0 Å². The predicted molar refractivity (Wildman–Crippen MR) is 79.5 cm³/mol. The molecular formula is C17H21NO2. The molecule has 1 aliphatic heterocycles. The monoisotopic (exact) mass is 271 g/mol. The lowest BCUT2D eigenvalue weighted by Gasteiger charge is -2.39. The van der Waals surface area contributed by atoms with Gasteiger partial charge in [0, 0.05) is 24.4 Å².